The molecule has 1 unspecified atom stereocenters. The second-order valence-electron chi connectivity index (χ2n) is 4.65. The highest BCUT2D eigenvalue weighted by molar-refractivity contribution is 7.14. The van der Waals surface area contributed by atoms with Crippen LogP contribution in [0.5, 0.6) is 0 Å². The molecule has 2 N–H and O–H groups in total. The fraction of sp³-hybridized carbons (Fsp3) is 0.125. The summed E-state index contributed by atoms with van der Waals surface area (Å²) in [6, 6.07) is 17.9. The van der Waals surface area contributed by atoms with Crippen molar-refractivity contribution >= 4 is 11.3 Å². The molecule has 1 aromatic heterocycles. The standard InChI is InChI=1S/C16H15N3S/c1-11-7-5-6-10-13(11)15-18-19-16(20-15)14(17)12-8-3-2-4-9-12/h2-10,14H,17H2,1H3. The van der Waals surface area contributed by atoms with Crippen molar-refractivity contribution in [2.75, 3.05) is 0 Å². The lowest BCUT2D eigenvalue weighted by molar-refractivity contribution is 0.831. The maximum atomic E-state index is 6.25. The first-order valence-corrected chi connectivity index (χ1v) is 7.27. The Labute approximate surface area is 122 Å². The molecule has 100 valence electrons. The minimum Gasteiger partial charge on any atom is -0.318 e. The molecule has 3 nitrogen and oxygen atoms in total. The first-order chi connectivity index (χ1) is 9.75. The number of nitrogens with two attached hydrogens (primary N) is 1. The van der Waals surface area contributed by atoms with E-state index in [0.29, 0.717) is 0 Å². The number of aryl methyl sites for hydroxylation is 1. The molecule has 0 saturated heterocycles. The van der Waals surface area contributed by atoms with Gasteiger partial charge in [0.25, 0.3) is 0 Å². The van der Waals surface area contributed by atoms with E-state index in [-0.39, 0.29) is 6.04 Å². The van der Waals surface area contributed by atoms with Crippen molar-refractivity contribution in [1.29, 1.82) is 0 Å². The zero-order valence-corrected chi connectivity index (χ0v) is 12.0. The third kappa shape index (κ3) is 2.48. The Morgan fingerprint density at radius 1 is 0.950 bits per heavy atom. The van der Waals surface area contributed by atoms with Crippen molar-refractivity contribution in [3.05, 3.63) is 70.7 Å². The lowest BCUT2D eigenvalue weighted by Gasteiger charge is -2.07. The van der Waals surface area contributed by atoms with Gasteiger partial charge in [0.2, 0.25) is 0 Å². The molecule has 0 bridgehead atoms. The van der Waals surface area contributed by atoms with Gasteiger partial charge in [-0.15, -0.1) is 10.2 Å². The summed E-state index contributed by atoms with van der Waals surface area (Å²) in [6.07, 6.45) is 0. The van der Waals surface area contributed by atoms with E-state index in [0.717, 1.165) is 21.1 Å². The normalized spacial score (nSPS) is 12.3. The predicted molar refractivity (Wildman–Crippen MR) is 82.6 cm³/mol. The van der Waals surface area contributed by atoms with Gasteiger partial charge < -0.3 is 5.73 Å². The van der Waals surface area contributed by atoms with E-state index in [1.165, 1.54) is 5.56 Å². The van der Waals surface area contributed by atoms with Gasteiger partial charge in [-0.05, 0) is 18.1 Å². The minimum atomic E-state index is -0.216. The molecule has 0 fully saturated rings. The molecule has 1 heterocycles. The van der Waals surface area contributed by atoms with Gasteiger partial charge in [-0.2, -0.15) is 0 Å². The highest BCUT2D eigenvalue weighted by atomic mass is 32.1. The van der Waals surface area contributed by atoms with Crippen LogP contribution in [0.4, 0.5) is 0 Å². The smallest absolute Gasteiger partial charge is 0.148 e. The van der Waals surface area contributed by atoms with E-state index in [1.807, 2.05) is 42.5 Å². The first kappa shape index (κ1) is 13.0. The fourth-order valence-corrected chi connectivity index (χ4v) is 3.05. The zero-order valence-electron chi connectivity index (χ0n) is 11.2. The first-order valence-electron chi connectivity index (χ1n) is 6.45. The van der Waals surface area contributed by atoms with Gasteiger partial charge in [-0.3, -0.25) is 0 Å². The van der Waals surface area contributed by atoms with Gasteiger partial charge in [-0.25, -0.2) is 0 Å². The molecule has 0 spiro atoms. The van der Waals surface area contributed by atoms with E-state index >= 15 is 0 Å². The van der Waals surface area contributed by atoms with Crippen molar-refractivity contribution in [2.24, 2.45) is 5.73 Å². The van der Waals surface area contributed by atoms with Crippen LogP contribution in [0.15, 0.2) is 54.6 Å². The molecule has 2 aromatic carbocycles. The van der Waals surface area contributed by atoms with Crippen LogP contribution < -0.4 is 5.73 Å². The summed E-state index contributed by atoms with van der Waals surface area (Å²) >= 11 is 1.56. The van der Waals surface area contributed by atoms with E-state index in [9.17, 15) is 0 Å². The van der Waals surface area contributed by atoms with Crippen LogP contribution in [-0.4, -0.2) is 10.2 Å². The molecule has 4 heteroatoms. The summed E-state index contributed by atoms with van der Waals surface area (Å²) < 4.78 is 0. The van der Waals surface area contributed by atoms with Crippen LogP contribution in [-0.2, 0) is 0 Å². The maximum absolute atomic E-state index is 6.25. The number of benzene rings is 2. The molecule has 3 rings (SSSR count). The molecule has 0 aliphatic carbocycles. The number of aromatic nitrogens is 2. The molecule has 0 aliphatic rings. The lowest BCUT2D eigenvalue weighted by Crippen LogP contribution is -2.11. The molecule has 0 aliphatic heterocycles. The maximum Gasteiger partial charge on any atom is 0.148 e. The average molecular weight is 281 g/mol. The summed E-state index contributed by atoms with van der Waals surface area (Å²) in [6.45, 7) is 2.08. The Morgan fingerprint density at radius 2 is 1.65 bits per heavy atom. The molecule has 3 aromatic rings. The summed E-state index contributed by atoms with van der Waals surface area (Å²) in [5.74, 6) is 0. The van der Waals surface area contributed by atoms with Crippen molar-refractivity contribution in [2.45, 2.75) is 13.0 Å². The van der Waals surface area contributed by atoms with E-state index in [1.54, 1.807) is 11.3 Å². The summed E-state index contributed by atoms with van der Waals surface area (Å²) in [5.41, 5.74) is 9.63. The Balaban J connectivity index is 1.93. The second-order valence-corrected chi connectivity index (χ2v) is 5.66. The van der Waals surface area contributed by atoms with Crippen LogP contribution in [0.2, 0.25) is 0 Å². The third-order valence-electron chi connectivity index (χ3n) is 3.24. The molecule has 0 saturated carbocycles. The van der Waals surface area contributed by atoms with Gasteiger partial charge in [0, 0.05) is 5.56 Å². The zero-order chi connectivity index (χ0) is 13.9. The highest BCUT2D eigenvalue weighted by Gasteiger charge is 2.15. The minimum absolute atomic E-state index is 0.216. The van der Waals surface area contributed by atoms with Gasteiger partial charge in [0.05, 0.1) is 6.04 Å². The van der Waals surface area contributed by atoms with Crippen molar-refractivity contribution in [3.8, 4) is 10.6 Å². The second kappa shape index (κ2) is 5.53. The number of rotatable bonds is 3. The lowest BCUT2D eigenvalue weighted by atomic mass is 10.1. The van der Waals surface area contributed by atoms with Crippen molar-refractivity contribution < 1.29 is 0 Å². The quantitative estimate of drug-likeness (QED) is 0.798. The third-order valence-corrected chi connectivity index (χ3v) is 4.28. The summed E-state index contributed by atoms with van der Waals surface area (Å²) in [5, 5.41) is 10.3. The molecular weight excluding hydrogens is 266 g/mol. The predicted octanol–water partition coefficient (Wildman–Crippen LogP) is 3.56. The summed E-state index contributed by atoms with van der Waals surface area (Å²) in [4.78, 5) is 0. The Hall–Kier alpha value is -2.04. The van der Waals surface area contributed by atoms with Crippen LogP contribution in [0, 0.1) is 6.92 Å². The van der Waals surface area contributed by atoms with Gasteiger partial charge in [0.15, 0.2) is 0 Å². The Morgan fingerprint density at radius 3 is 2.40 bits per heavy atom. The van der Waals surface area contributed by atoms with Gasteiger partial charge >= 0.3 is 0 Å². The molecule has 20 heavy (non-hydrogen) atoms. The summed E-state index contributed by atoms with van der Waals surface area (Å²) in [7, 11) is 0. The van der Waals surface area contributed by atoms with Gasteiger partial charge in [0.1, 0.15) is 10.0 Å². The van der Waals surface area contributed by atoms with Crippen LogP contribution >= 0.6 is 11.3 Å². The number of hydrogen-bond donors (Lipinski definition) is 1. The monoisotopic (exact) mass is 281 g/mol. The van der Waals surface area contributed by atoms with E-state index in [4.69, 9.17) is 5.73 Å². The van der Waals surface area contributed by atoms with E-state index < -0.39 is 0 Å². The number of nitrogens with zero attached hydrogens (tertiary/aromatic N) is 2. The van der Waals surface area contributed by atoms with E-state index in [2.05, 4.69) is 29.3 Å². The molecule has 1 atom stereocenters. The highest BCUT2D eigenvalue weighted by Crippen LogP contribution is 2.30. The number of hydrogen-bond acceptors (Lipinski definition) is 4. The fourth-order valence-electron chi connectivity index (χ4n) is 2.08. The topological polar surface area (TPSA) is 51.8 Å². The molecular formula is C16H15N3S. The Kier molecular flexibility index (Phi) is 3.58. The Bertz CT molecular complexity index is 707. The average Bonchev–Trinajstić information content (AvgIpc) is 2.97. The largest absolute Gasteiger partial charge is 0.318 e. The van der Waals surface area contributed by atoms with Gasteiger partial charge in [-0.1, -0.05) is 65.9 Å². The SMILES string of the molecule is Cc1ccccc1-c1nnc(C(N)c2ccccc2)s1. The van der Waals surface area contributed by atoms with Crippen LogP contribution in [0.1, 0.15) is 22.2 Å². The molecule has 0 amide bonds. The van der Waals surface area contributed by atoms with Crippen LogP contribution in [0.25, 0.3) is 10.6 Å². The molecule has 0 radical (unpaired) electrons. The van der Waals surface area contributed by atoms with Crippen LogP contribution in [0.3, 0.4) is 0 Å². The van der Waals surface area contributed by atoms with Crippen molar-refractivity contribution in [3.63, 3.8) is 0 Å². The van der Waals surface area contributed by atoms with Crippen molar-refractivity contribution in [1.82, 2.24) is 10.2 Å².